The molecule has 0 saturated carbocycles. The molecule has 6 heteroatoms. The maximum absolute atomic E-state index is 11.5. The molecule has 0 aliphatic carbocycles. The highest BCUT2D eigenvalue weighted by atomic mass is 32.2. The van der Waals surface area contributed by atoms with Gasteiger partial charge in [-0.3, -0.25) is 4.79 Å². The molecule has 1 fully saturated rings. The lowest BCUT2D eigenvalue weighted by atomic mass is 10.1. The quantitative estimate of drug-likeness (QED) is 0.715. The molecular weight excluding hydrogens is 240 g/mol. The van der Waals surface area contributed by atoms with Crippen molar-refractivity contribution < 1.29 is 13.2 Å². The van der Waals surface area contributed by atoms with Gasteiger partial charge in [0.15, 0.2) is 9.84 Å². The summed E-state index contributed by atoms with van der Waals surface area (Å²) in [6.07, 6.45) is 3.38. The number of nitrogens with two attached hydrogens (primary N) is 1. The van der Waals surface area contributed by atoms with E-state index >= 15 is 0 Å². The summed E-state index contributed by atoms with van der Waals surface area (Å²) in [5.74, 6) is 0.186. The van der Waals surface area contributed by atoms with Crippen molar-refractivity contribution in [2.24, 2.45) is 5.73 Å². The van der Waals surface area contributed by atoms with Gasteiger partial charge in [-0.05, 0) is 32.6 Å². The molecule has 1 aliphatic heterocycles. The van der Waals surface area contributed by atoms with Crippen molar-refractivity contribution in [3.8, 4) is 0 Å². The van der Waals surface area contributed by atoms with E-state index in [1.165, 1.54) is 0 Å². The maximum Gasteiger partial charge on any atom is 0.220 e. The zero-order valence-electron chi connectivity index (χ0n) is 10.3. The van der Waals surface area contributed by atoms with E-state index in [1.807, 2.05) is 6.92 Å². The Morgan fingerprint density at radius 2 is 2.24 bits per heavy atom. The Hall–Kier alpha value is -0.620. The number of hydrogen-bond acceptors (Lipinski definition) is 4. The van der Waals surface area contributed by atoms with Gasteiger partial charge in [-0.2, -0.15) is 0 Å². The molecule has 2 atom stereocenters. The summed E-state index contributed by atoms with van der Waals surface area (Å²) < 4.78 is 23.0. The predicted octanol–water partition coefficient (Wildman–Crippen LogP) is 0.197. The van der Waals surface area contributed by atoms with E-state index in [9.17, 15) is 13.2 Å². The summed E-state index contributed by atoms with van der Waals surface area (Å²) in [5.41, 5.74) is 5.58. The van der Waals surface area contributed by atoms with Crippen molar-refractivity contribution in [2.45, 2.75) is 50.3 Å². The molecule has 17 heavy (non-hydrogen) atoms. The molecule has 0 aromatic rings. The third kappa shape index (κ3) is 5.04. The van der Waals surface area contributed by atoms with Crippen LogP contribution in [0.1, 0.15) is 39.0 Å². The van der Waals surface area contributed by atoms with Gasteiger partial charge in [0, 0.05) is 19.0 Å². The van der Waals surface area contributed by atoms with Crippen molar-refractivity contribution >= 4 is 15.7 Å². The van der Waals surface area contributed by atoms with E-state index in [2.05, 4.69) is 5.32 Å². The number of carbonyl (C=O) groups is 1. The van der Waals surface area contributed by atoms with Crippen LogP contribution in [0.3, 0.4) is 0 Å². The first kappa shape index (κ1) is 14.4. The van der Waals surface area contributed by atoms with Crippen LogP contribution in [0.4, 0.5) is 0 Å². The van der Waals surface area contributed by atoms with Gasteiger partial charge in [0.1, 0.15) is 0 Å². The van der Waals surface area contributed by atoms with Crippen molar-refractivity contribution in [1.82, 2.24) is 5.32 Å². The fourth-order valence-corrected chi connectivity index (χ4v) is 3.75. The van der Waals surface area contributed by atoms with Gasteiger partial charge in [0.25, 0.3) is 0 Å². The Labute approximate surface area is 103 Å². The fourth-order valence-electron chi connectivity index (χ4n) is 1.99. The van der Waals surface area contributed by atoms with Crippen LogP contribution in [-0.2, 0) is 14.6 Å². The number of sulfone groups is 1. The molecule has 3 N–H and O–H groups in total. The third-order valence-electron chi connectivity index (χ3n) is 3.05. The second kappa shape index (κ2) is 6.35. The van der Waals surface area contributed by atoms with Gasteiger partial charge >= 0.3 is 0 Å². The standard InChI is InChI=1S/C11H22N2O3S/c1-9(12)4-2-6-11(14)13-8-10-5-3-7-17(10,15)16/h9-10H,2-8,12H2,1H3,(H,13,14). The number of hydrogen-bond donors (Lipinski definition) is 2. The average molecular weight is 262 g/mol. The van der Waals surface area contributed by atoms with Crippen molar-refractivity contribution in [3.63, 3.8) is 0 Å². The first-order valence-corrected chi connectivity index (χ1v) is 7.87. The largest absolute Gasteiger partial charge is 0.355 e. The lowest BCUT2D eigenvalue weighted by Gasteiger charge is -2.11. The highest BCUT2D eigenvalue weighted by Crippen LogP contribution is 2.19. The first-order chi connectivity index (χ1) is 7.92. The highest BCUT2D eigenvalue weighted by molar-refractivity contribution is 7.92. The summed E-state index contributed by atoms with van der Waals surface area (Å²) in [7, 11) is -2.95. The lowest BCUT2D eigenvalue weighted by molar-refractivity contribution is -0.121. The van der Waals surface area contributed by atoms with Crippen molar-refractivity contribution in [2.75, 3.05) is 12.3 Å². The van der Waals surface area contributed by atoms with E-state index in [-0.39, 0.29) is 29.5 Å². The maximum atomic E-state index is 11.5. The monoisotopic (exact) mass is 262 g/mol. The summed E-state index contributed by atoms with van der Waals surface area (Å²) >= 11 is 0. The van der Waals surface area contributed by atoms with E-state index in [1.54, 1.807) is 0 Å². The third-order valence-corrected chi connectivity index (χ3v) is 5.33. The lowest BCUT2D eigenvalue weighted by Crippen LogP contribution is -2.34. The van der Waals surface area contributed by atoms with Gasteiger partial charge < -0.3 is 11.1 Å². The number of nitrogens with one attached hydrogen (secondary N) is 1. The normalized spacial score (nSPS) is 24.5. The number of rotatable bonds is 6. The topological polar surface area (TPSA) is 89.3 Å². The average Bonchev–Trinajstić information content (AvgIpc) is 2.54. The van der Waals surface area contributed by atoms with Crippen LogP contribution in [0.15, 0.2) is 0 Å². The Morgan fingerprint density at radius 3 is 2.76 bits per heavy atom. The Kier molecular flexibility index (Phi) is 5.39. The molecule has 0 aromatic heterocycles. The minimum absolute atomic E-state index is 0.0762. The van der Waals surface area contributed by atoms with Gasteiger partial charge in [-0.15, -0.1) is 0 Å². The van der Waals surface area contributed by atoms with Crippen LogP contribution in [0.25, 0.3) is 0 Å². The molecule has 1 amide bonds. The van der Waals surface area contributed by atoms with Crippen LogP contribution >= 0.6 is 0 Å². The van der Waals surface area contributed by atoms with E-state index in [0.29, 0.717) is 19.3 Å². The van der Waals surface area contributed by atoms with Crippen molar-refractivity contribution in [3.05, 3.63) is 0 Å². The highest BCUT2D eigenvalue weighted by Gasteiger charge is 2.31. The van der Waals surface area contributed by atoms with Gasteiger partial charge in [-0.25, -0.2) is 8.42 Å². The van der Waals surface area contributed by atoms with E-state index < -0.39 is 9.84 Å². The SMILES string of the molecule is CC(N)CCCC(=O)NCC1CCCS1(=O)=O. The summed E-state index contributed by atoms with van der Waals surface area (Å²) in [4.78, 5) is 11.4. The van der Waals surface area contributed by atoms with E-state index in [4.69, 9.17) is 5.73 Å². The smallest absolute Gasteiger partial charge is 0.220 e. The zero-order valence-corrected chi connectivity index (χ0v) is 11.1. The molecular formula is C11H22N2O3S. The Morgan fingerprint density at radius 1 is 1.53 bits per heavy atom. The molecule has 0 spiro atoms. The van der Waals surface area contributed by atoms with Crippen LogP contribution in [-0.4, -0.2) is 37.9 Å². The number of carbonyl (C=O) groups excluding carboxylic acids is 1. The molecule has 1 heterocycles. The predicted molar refractivity (Wildman–Crippen MR) is 67.3 cm³/mol. The molecule has 0 radical (unpaired) electrons. The van der Waals surface area contributed by atoms with Crippen LogP contribution in [0.2, 0.25) is 0 Å². The Balaban J connectivity index is 2.20. The summed E-state index contributed by atoms with van der Waals surface area (Å²) in [5, 5.41) is 2.32. The van der Waals surface area contributed by atoms with Crippen LogP contribution in [0, 0.1) is 0 Å². The Bertz CT molecular complexity index is 352. The van der Waals surface area contributed by atoms with Crippen LogP contribution in [0.5, 0.6) is 0 Å². The fraction of sp³-hybridized carbons (Fsp3) is 0.909. The summed E-state index contributed by atoms with van der Waals surface area (Å²) in [6.45, 7) is 2.17. The minimum atomic E-state index is -2.95. The second-order valence-corrected chi connectivity index (χ2v) is 7.21. The minimum Gasteiger partial charge on any atom is -0.355 e. The molecule has 5 nitrogen and oxygen atoms in total. The van der Waals surface area contributed by atoms with Gasteiger partial charge in [0.05, 0.1) is 11.0 Å². The molecule has 1 aliphatic rings. The zero-order chi connectivity index (χ0) is 12.9. The van der Waals surface area contributed by atoms with Gasteiger partial charge in [0.2, 0.25) is 5.91 Å². The molecule has 2 unspecified atom stereocenters. The molecule has 1 rings (SSSR count). The molecule has 0 bridgehead atoms. The van der Waals surface area contributed by atoms with E-state index in [0.717, 1.165) is 12.8 Å². The van der Waals surface area contributed by atoms with Gasteiger partial charge in [-0.1, -0.05) is 0 Å². The molecule has 100 valence electrons. The first-order valence-electron chi connectivity index (χ1n) is 6.15. The molecule has 1 saturated heterocycles. The summed E-state index contributed by atoms with van der Waals surface area (Å²) in [6, 6.07) is 0.109. The van der Waals surface area contributed by atoms with Crippen LogP contribution < -0.4 is 11.1 Å². The molecule has 0 aromatic carbocycles. The number of amides is 1. The second-order valence-electron chi connectivity index (χ2n) is 4.80. The van der Waals surface area contributed by atoms with Crippen molar-refractivity contribution in [1.29, 1.82) is 0 Å².